The SMILES string of the molecule is CCCS(=O)(=O)Nc1cccc(NC(=O)c2ccc(C=O)cc2)c1C. The molecule has 0 saturated heterocycles. The van der Waals surface area contributed by atoms with Crippen molar-refractivity contribution in [3.8, 4) is 0 Å². The molecule has 7 heteroatoms. The first-order valence-corrected chi connectivity index (χ1v) is 9.48. The third-order valence-electron chi connectivity index (χ3n) is 3.63. The highest BCUT2D eigenvalue weighted by Gasteiger charge is 2.14. The van der Waals surface area contributed by atoms with E-state index < -0.39 is 10.0 Å². The Morgan fingerprint density at radius 2 is 1.72 bits per heavy atom. The summed E-state index contributed by atoms with van der Waals surface area (Å²) in [6.07, 6.45) is 1.22. The highest BCUT2D eigenvalue weighted by molar-refractivity contribution is 7.92. The quantitative estimate of drug-likeness (QED) is 0.742. The Balaban J connectivity index is 2.20. The Morgan fingerprint density at radius 1 is 1.08 bits per heavy atom. The monoisotopic (exact) mass is 360 g/mol. The van der Waals surface area contributed by atoms with Crippen LogP contribution < -0.4 is 10.0 Å². The summed E-state index contributed by atoms with van der Waals surface area (Å²) in [6.45, 7) is 3.52. The molecule has 0 aliphatic rings. The van der Waals surface area contributed by atoms with E-state index in [4.69, 9.17) is 0 Å². The fourth-order valence-electron chi connectivity index (χ4n) is 2.28. The third-order valence-corrected chi connectivity index (χ3v) is 5.11. The van der Waals surface area contributed by atoms with Gasteiger partial charge in [0.25, 0.3) is 5.91 Å². The molecule has 0 saturated carbocycles. The van der Waals surface area contributed by atoms with Crippen LogP contribution in [0, 0.1) is 6.92 Å². The molecule has 6 nitrogen and oxygen atoms in total. The second kappa shape index (κ2) is 7.94. The number of aldehydes is 1. The molecule has 0 aliphatic heterocycles. The van der Waals surface area contributed by atoms with Crippen LogP contribution in [-0.4, -0.2) is 26.4 Å². The smallest absolute Gasteiger partial charge is 0.255 e. The van der Waals surface area contributed by atoms with Gasteiger partial charge in [0, 0.05) is 16.8 Å². The van der Waals surface area contributed by atoms with Crippen molar-refractivity contribution in [3.05, 3.63) is 59.2 Å². The summed E-state index contributed by atoms with van der Waals surface area (Å²) in [7, 11) is -3.41. The van der Waals surface area contributed by atoms with Gasteiger partial charge in [-0.3, -0.25) is 14.3 Å². The topological polar surface area (TPSA) is 92.3 Å². The lowest BCUT2D eigenvalue weighted by Crippen LogP contribution is -2.18. The summed E-state index contributed by atoms with van der Waals surface area (Å²) < 4.78 is 26.4. The van der Waals surface area contributed by atoms with E-state index in [9.17, 15) is 18.0 Å². The van der Waals surface area contributed by atoms with Gasteiger partial charge >= 0.3 is 0 Å². The minimum atomic E-state index is -3.41. The van der Waals surface area contributed by atoms with Gasteiger partial charge in [-0.05, 0) is 43.2 Å². The van der Waals surface area contributed by atoms with Crippen LogP contribution >= 0.6 is 0 Å². The van der Waals surface area contributed by atoms with Gasteiger partial charge in [0.2, 0.25) is 10.0 Å². The lowest BCUT2D eigenvalue weighted by Gasteiger charge is -2.14. The number of amides is 1. The maximum absolute atomic E-state index is 12.3. The van der Waals surface area contributed by atoms with Gasteiger partial charge in [0.1, 0.15) is 6.29 Å². The first-order valence-electron chi connectivity index (χ1n) is 7.83. The highest BCUT2D eigenvalue weighted by atomic mass is 32.2. The molecular weight excluding hydrogens is 340 g/mol. The normalized spacial score (nSPS) is 11.0. The van der Waals surface area contributed by atoms with Gasteiger partial charge in [-0.25, -0.2) is 8.42 Å². The molecule has 0 fully saturated rings. The molecule has 2 aromatic rings. The van der Waals surface area contributed by atoms with Crippen molar-refractivity contribution >= 4 is 33.6 Å². The molecule has 0 aliphatic carbocycles. The molecular formula is C18H20N2O4S. The average Bonchev–Trinajstić information content (AvgIpc) is 2.58. The number of carbonyl (C=O) groups is 2. The minimum absolute atomic E-state index is 0.0338. The number of benzene rings is 2. The van der Waals surface area contributed by atoms with Crippen LogP contribution in [0.2, 0.25) is 0 Å². The first kappa shape index (κ1) is 18.7. The van der Waals surface area contributed by atoms with E-state index in [1.807, 2.05) is 0 Å². The maximum atomic E-state index is 12.3. The summed E-state index contributed by atoms with van der Waals surface area (Å²) in [5, 5.41) is 2.76. The number of nitrogens with one attached hydrogen (secondary N) is 2. The molecule has 0 spiro atoms. The lowest BCUT2D eigenvalue weighted by molar-refractivity contribution is 0.102. The molecule has 0 heterocycles. The molecule has 0 unspecified atom stereocenters. The van der Waals surface area contributed by atoms with E-state index >= 15 is 0 Å². The van der Waals surface area contributed by atoms with Crippen molar-refractivity contribution in [2.45, 2.75) is 20.3 Å². The molecule has 0 radical (unpaired) electrons. The Morgan fingerprint density at radius 3 is 2.32 bits per heavy atom. The zero-order chi connectivity index (χ0) is 18.4. The lowest BCUT2D eigenvalue weighted by atomic mass is 10.1. The van der Waals surface area contributed by atoms with E-state index in [0.717, 1.165) is 0 Å². The number of carbonyl (C=O) groups excluding carboxylic acids is 2. The number of hydrogen-bond acceptors (Lipinski definition) is 4. The van der Waals surface area contributed by atoms with E-state index in [2.05, 4.69) is 10.0 Å². The van der Waals surface area contributed by atoms with E-state index in [1.165, 1.54) is 0 Å². The fourth-order valence-corrected chi connectivity index (χ4v) is 3.47. The molecule has 0 bridgehead atoms. The molecule has 132 valence electrons. The summed E-state index contributed by atoms with van der Waals surface area (Å²) in [5.74, 6) is -0.305. The van der Waals surface area contributed by atoms with Crippen LogP contribution in [0.3, 0.4) is 0 Å². The molecule has 0 atom stereocenters. The standard InChI is InChI=1S/C18H20N2O4S/c1-3-11-25(23,24)20-17-6-4-5-16(13(17)2)19-18(22)15-9-7-14(12-21)8-10-15/h4-10,12,20H,3,11H2,1-2H3,(H,19,22). The average molecular weight is 360 g/mol. The van der Waals surface area contributed by atoms with E-state index in [-0.39, 0.29) is 11.7 Å². The second-order valence-electron chi connectivity index (χ2n) is 5.59. The zero-order valence-electron chi connectivity index (χ0n) is 14.1. The Bertz CT molecular complexity index is 874. The second-order valence-corrected chi connectivity index (χ2v) is 7.43. The Kier molecular flexibility index (Phi) is 5.93. The van der Waals surface area contributed by atoms with Crippen LogP contribution in [0.15, 0.2) is 42.5 Å². The van der Waals surface area contributed by atoms with Gasteiger partial charge < -0.3 is 5.32 Å². The molecule has 1 amide bonds. The Labute approximate surface area is 147 Å². The largest absolute Gasteiger partial charge is 0.322 e. The van der Waals surface area contributed by atoms with Gasteiger partial charge in [-0.2, -0.15) is 0 Å². The van der Waals surface area contributed by atoms with E-state index in [0.29, 0.717) is 40.8 Å². The Hall–Kier alpha value is -2.67. The van der Waals surface area contributed by atoms with Crippen LogP contribution in [-0.2, 0) is 10.0 Å². The fraction of sp³-hybridized carbons (Fsp3) is 0.222. The zero-order valence-corrected chi connectivity index (χ0v) is 14.9. The predicted molar refractivity (Wildman–Crippen MR) is 98.7 cm³/mol. The summed E-state index contributed by atoms with van der Waals surface area (Å²) >= 11 is 0. The minimum Gasteiger partial charge on any atom is -0.322 e. The molecule has 25 heavy (non-hydrogen) atoms. The maximum Gasteiger partial charge on any atom is 0.255 e. The van der Waals surface area contributed by atoms with Crippen molar-refractivity contribution in [2.75, 3.05) is 15.8 Å². The first-order chi connectivity index (χ1) is 11.9. The van der Waals surface area contributed by atoms with Gasteiger partial charge in [-0.1, -0.05) is 25.1 Å². The summed E-state index contributed by atoms with van der Waals surface area (Å²) in [5.41, 5.74) is 2.46. The van der Waals surface area contributed by atoms with Crippen LogP contribution in [0.5, 0.6) is 0 Å². The van der Waals surface area contributed by atoms with Crippen molar-refractivity contribution in [3.63, 3.8) is 0 Å². The number of rotatable bonds is 7. The number of anilines is 2. The number of sulfonamides is 1. The van der Waals surface area contributed by atoms with Crippen LogP contribution in [0.1, 0.15) is 39.6 Å². The van der Waals surface area contributed by atoms with Crippen molar-refractivity contribution in [1.29, 1.82) is 0 Å². The van der Waals surface area contributed by atoms with Crippen molar-refractivity contribution in [2.24, 2.45) is 0 Å². The van der Waals surface area contributed by atoms with E-state index in [1.54, 1.807) is 56.3 Å². The highest BCUT2D eigenvalue weighted by Crippen LogP contribution is 2.25. The summed E-state index contributed by atoms with van der Waals surface area (Å²) in [6, 6.07) is 11.3. The third kappa shape index (κ3) is 4.90. The molecule has 2 N–H and O–H groups in total. The molecule has 2 aromatic carbocycles. The predicted octanol–water partition coefficient (Wildman–Crippen LogP) is 3.21. The van der Waals surface area contributed by atoms with Gasteiger partial charge in [-0.15, -0.1) is 0 Å². The summed E-state index contributed by atoms with van der Waals surface area (Å²) in [4.78, 5) is 23.0. The van der Waals surface area contributed by atoms with Gasteiger partial charge in [0.05, 0.1) is 11.4 Å². The van der Waals surface area contributed by atoms with Crippen LogP contribution in [0.25, 0.3) is 0 Å². The molecule has 0 aromatic heterocycles. The van der Waals surface area contributed by atoms with Gasteiger partial charge in [0.15, 0.2) is 0 Å². The number of hydrogen-bond donors (Lipinski definition) is 2. The van der Waals surface area contributed by atoms with Crippen LogP contribution in [0.4, 0.5) is 11.4 Å². The molecule has 2 rings (SSSR count). The van der Waals surface area contributed by atoms with Crippen molar-refractivity contribution < 1.29 is 18.0 Å². The van der Waals surface area contributed by atoms with Crippen molar-refractivity contribution in [1.82, 2.24) is 0 Å².